The van der Waals surface area contributed by atoms with E-state index in [0.717, 1.165) is 39.1 Å². The summed E-state index contributed by atoms with van der Waals surface area (Å²) >= 11 is 0. The van der Waals surface area contributed by atoms with Crippen LogP contribution in [0.4, 0.5) is 0 Å². The first-order chi connectivity index (χ1) is 13.4. The largest absolute Gasteiger partial charge is 0.396 e. The normalized spacial score (nSPS) is 23.8. The fourth-order valence-corrected chi connectivity index (χ4v) is 5.19. The lowest BCUT2D eigenvalue weighted by atomic mass is 9.97. The SMILES string of the molecule is CCn1nc(C)c(CN2CCN(C3CCN(C(C)C)CC3)C(CCO)C2)c1C. The third kappa shape index (κ3) is 4.78. The van der Waals surface area contributed by atoms with Gasteiger partial charge >= 0.3 is 0 Å². The molecule has 1 aromatic rings. The second-order valence-electron chi connectivity index (χ2n) is 8.97. The number of aliphatic hydroxyl groups is 1. The lowest BCUT2D eigenvalue weighted by Crippen LogP contribution is -2.58. The van der Waals surface area contributed by atoms with Crippen molar-refractivity contribution in [3.05, 3.63) is 17.0 Å². The quantitative estimate of drug-likeness (QED) is 0.773. The number of hydrogen-bond acceptors (Lipinski definition) is 5. The number of piperazine rings is 1. The van der Waals surface area contributed by atoms with E-state index < -0.39 is 0 Å². The Morgan fingerprint density at radius 2 is 1.82 bits per heavy atom. The van der Waals surface area contributed by atoms with Crippen molar-refractivity contribution >= 4 is 0 Å². The van der Waals surface area contributed by atoms with E-state index in [1.54, 1.807) is 0 Å². The molecule has 2 saturated heterocycles. The van der Waals surface area contributed by atoms with Crippen molar-refractivity contribution in [1.29, 1.82) is 0 Å². The summed E-state index contributed by atoms with van der Waals surface area (Å²) in [7, 11) is 0. The summed E-state index contributed by atoms with van der Waals surface area (Å²) in [6, 6.07) is 1.80. The van der Waals surface area contributed by atoms with Gasteiger partial charge in [0.05, 0.1) is 5.69 Å². The van der Waals surface area contributed by atoms with Gasteiger partial charge in [-0.25, -0.2) is 0 Å². The monoisotopic (exact) mass is 391 g/mol. The van der Waals surface area contributed by atoms with Crippen molar-refractivity contribution in [1.82, 2.24) is 24.5 Å². The molecular formula is C22H41N5O. The number of nitrogens with zero attached hydrogens (tertiary/aromatic N) is 5. The molecule has 0 aromatic carbocycles. The molecule has 6 nitrogen and oxygen atoms in total. The summed E-state index contributed by atoms with van der Waals surface area (Å²) in [5, 5.41) is 14.4. The second-order valence-corrected chi connectivity index (χ2v) is 8.97. The number of rotatable bonds is 7. The van der Waals surface area contributed by atoms with E-state index >= 15 is 0 Å². The van der Waals surface area contributed by atoms with Crippen molar-refractivity contribution in [2.45, 2.75) is 85.1 Å². The Labute approximate surface area is 171 Å². The maximum absolute atomic E-state index is 9.68. The van der Waals surface area contributed by atoms with E-state index in [9.17, 15) is 5.11 Å². The van der Waals surface area contributed by atoms with Crippen LogP contribution >= 0.6 is 0 Å². The molecule has 160 valence electrons. The highest BCUT2D eigenvalue weighted by Crippen LogP contribution is 2.25. The first-order valence-corrected chi connectivity index (χ1v) is 11.3. The second kappa shape index (κ2) is 9.70. The molecule has 0 amide bonds. The summed E-state index contributed by atoms with van der Waals surface area (Å²) in [5.74, 6) is 0. The van der Waals surface area contributed by atoms with Crippen molar-refractivity contribution < 1.29 is 5.11 Å². The average molecular weight is 392 g/mol. The molecule has 1 atom stereocenters. The van der Waals surface area contributed by atoms with Gasteiger partial charge in [-0.3, -0.25) is 14.5 Å². The lowest BCUT2D eigenvalue weighted by Gasteiger charge is -2.48. The molecule has 0 spiro atoms. The minimum absolute atomic E-state index is 0.283. The van der Waals surface area contributed by atoms with Gasteiger partial charge in [-0.15, -0.1) is 0 Å². The summed E-state index contributed by atoms with van der Waals surface area (Å²) in [4.78, 5) is 7.90. The van der Waals surface area contributed by atoms with Crippen molar-refractivity contribution in [3.8, 4) is 0 Å². The molecule has 0 bridgehead atoms. The van der Waals surface area contributed by atoms with Gasteiger partial charge in [-0.05, 0) is 67.0 Å². The fourth-order valence-electron chi connectivity index (χ4n) is 5.19. The predicted octanol–water partition coefficient (Wildman–Crippen LogP) is 2.26. The summed E-state index contributed by atoms with van der Waals surface area (Å²) in [5.41, 5.74) is 3.87. The third-order valence-corrected chi connectivity index (χ3v) is 6.99. The maximum atomic E-state index is 9.68. The van der Waals surface area contributed by atoms with Crippen LogP contribution in [0.3, 0.4) is 0 Å². The van der Waals surface area contributed by atoms with Crippen LogP contribution in [0, 0.1) is 13.8 Å². The number of aliphatic hydroxyl groups excluding tert-OH is 1. The lowest BCUT2D eigenvalue weighted by molar-refractivity contribution is -0.000132. The van der Waals surface area contributed by atoms with E-state index in [0.29, 0.717) is 18.1 Å². The Balaban J connectivity index is 1.62. The Morgan fingerprint density at radius 1 is 1.11 bits per heavy atom. The number of piperidine rings is 1. The van der Waals surface area contributed by atoms with Crippen molar-refractivity contribution in [3.63, 3.8) is 0 Å². The molecule has 2 aliphatic heterocycles. The minimum Gasteiger partial charge on any atom is -0.396 e. The molecule has 0 aliphatic carbocycles. The van der Waals surface area contributed by atoms with Gasteiger partial charge in [-0.2, -0.15) is 5.10 Å². The Morgan fingerprint density at radius 3 is 2.39 bits per heavy atom. The number of aromatic nitrogens is 2. The summed E-state index contributed by atoms with van der Waals surface area (Å²) in [6.07, 6.45) is 3.41. The minimum atomic E-state index is 0.283. The van der Waals surface area contributed by atoms with Gasteiger partial charge in [0.2, 0.25) is 0 Å². The molecule has 28 heavy (non-hydrogen) atoms. The number of hydrogen-bond donors (Lipinski definition) is 1. The van der Waals surface area contributed by atoms with Gasteiger partial charge in [0.1, 0.15) is 0 Å². The van der Waals surface area contributed by atoms with Crippen LogP contribution in [-0.4, -0.2) is 87.0 Å². The van der Waals surface area contributed by atoms with E-state index in [-0.39, 0.29) is 6.61 Å². The predicted molar refractivity (Wildman–Crippen MR) is 115 cm³/mol. The van der Waals surface area contributed by atoms with Crippen LogP contribution in [0.5, 0.6) is 0 Å². The highest BCUT2D eigenvalue weighted by molar-refractivity contribution is 5.24. The van der Waals surface area contributed by atoms with E-state index in [2.05, 4.69) is 54.0 Å². The zero-order valence-corrected chi connectivity index (χ0v) is 18.7. The average Bonchev–Trinajstić information content (AvgIpc) is 2.96. The van der Waals surface area contributed by atoms with Gasteiger partial charge in [0.25, 0.3) is 0 Å². The molecule has 0 saturated carbocycles. The molecule has 1 aromatic heterocycles. The first-order valence-electron chi connectivity index (χ1n) is 11.3. The Kier molecular flexibility index (Phi) is 7.54. The van der Waals surface area contributed by atoms with Crippen LogP contribution in [0.1, 0.15) is 57.0 Å². The highest BCUT2D eigenvalue weighted by Gasteiger charge is 2.34. The van der Waals surface area contributed by atoms with Crippen LogP contribution in [0.15, 0.2) is 0 Å². The van der Waals surface area contributed by atoms with E-state index in [1.165, 1.54) is 42.9 Å². The molecule has 3 rings (SSSR count). The number of aryl methyl sites for hydroxylation is 2. The van der Waals surface area contributed by atoms with E-state index in [4.69, 9.17) is 5.10 Å². The van der Waals surface area contributed by atoms with Crippen LogP contribution in [0.25, 0.3) is 0 Å². The first kappa shape index (κ1) is 21.8. The molecule has 1 unspecified atom stereocenters. The van der Waals surface area contributed by atoms with Gasteiger partial charge in [0, 0.05) is 68.7 Å². The topological polar surface area (TPSA) is 47.8 Å². The maximum Gasteiger partial charge on any atom is 0.0641 e. The molecule has 2 fully saturated rings. The zero-order chi connectivity index (χ0) is 20.3. The standard InChI is InChI=1S/C22H41N5O/c1-6-27-19(5)22(18(4)23-27)16-24-12-13-26(21(15-24)9-14-28)20-7-10-25(11-8-20)17(2)3/h17,20-21,28H,6-16H2,1-5H3. The van der Waals surface area contributed by atoms with Crippen molar-refractivity contribution in [2.24, 2.45) is 0 Å². The molecule has 2 aliphatic rings. The van der Waals surface area contributed by atoms with Crippen LogP contribution in [0.2, 0.25) is 0 Å². The molecular weight excluding hydrogens is 350 g/mol. The molecule has 3 heterocycles. The third-order valence-electron chi connectivity index (χ3n) is 6.99. The number of likely N-dealkylation sites (tertiary alicyclic amines) is 1. The van der Waals surface area contributed by atoms with Gasteiger partial charge in [-0.1, -0.05) is 0 Å². The molecule has 1 N–H and O–H groups in total. The van der Waals surface area contributed by atoms with E-state index in [1.807, 2.05) is 0 Å². The summed E-state index contributed by atoms with van der Waals surface area (Å²) in [6.45, 7) is 19.0. The van der Waals surface area contributed by atoms with Crippen molar-refractivity contribution in [2.75, 3.05) is 39.3 Å². The van der Waals surface area contributed by atoms with Gasteiger partial charge < -0.3 is 10.0 Å². The molecule has 0 radical (unpaired) electrons. The van der Waals surface area contributed by atoms with Crippen LogP contribution in [-0.2, 0) is 13.1 Å². The highest BCUT2D eigenvalue weighted by atomic mass is 16.3. The summed E-state index contributed by atoms with van der Waals surface area (Å²) < 4.78 is 2.12. The zero-order valence-electron chi connectivity index (χ0n) is 18.7. The smallest absolute Gasteiger partial charge is 0.0641 e. The Bertz CT molecular complexity index is 621. The van der Waals surface area contributed by atoms with Crippen LogP contribution < -0.4 is 0 Å². The Hall–Kier alpha value is -0.950. The fraction of sp³-hybridized carbons (Fsp3) is 0.864. The molecule has 6 heteroatoms. The van der Waals surface area contributed by atoms with Gasteiger partial charge in [0.15, 0.2) is 0 Å².